The summed E-state index contributed by atoms with van der Waals surface area (Å²) in [5, 5.41) is 17.2. The number of nitrogens with zero attached hydrogens (tertiary/aromatic N) is 3. The van der Waals surface area contributed by atoms with Crippen LogP contribution in [0.5, 0.6) is 0 Å². The van der Waals surface area contributed by atoms with E-state index in [1.165, 1.54) is 13.8 Å². The van der Waals surface area contributed by atoms with Crippen molar-refractivity contribution in [1.29, 1.82) is 0 Å². The van der Waals surface area contributed by atoms with E-state index >= 15 is 0 Å². The van der Waals surface area contributed by atoms with Gasteiger partial charge in [0.25, 0.3) is 0 Å². The number of allylic oxidation sites excluding steroid dienone is 1. The predicted molar refractivity (Wildman–Crippen MR) is 98.7 cm³/mol. The maximum absolute atomic E-state index is 8.08. The van der Waals surface area contributed by atoms with Crippen molar-refractivity contribution < 1.29 is 10.2 Å². The number of rotatable bonds is 5. The standard InChI is InChI=1S/C14H19ClN4.C3H8O2/c1-4-14(3,5-2)7-9-19-8-6-10-11(16)17-13(15)18-12(10)19;1-3(2,4)5/h4,6,8H,1,5,7,9H2,2-3H3,(H2,16,17,18);4-5H,1-2H3/t14-;/m0./s1. The van der Waals surface area contributed by atoms with Gasteiger partial charge in [0, 0.05) is 12.7 Å². The molecule has 24 heavy (non-hydrogen) atoms. The Bertz CT molecular complexity index is 688. The third-order valence-corrected chi connectivity index (χ3v) is 4.01. The first-order valence-electron chi connectivity index (χ1n) is 7.85. The molecule has 1 atom stereocenters. The Balaban J connectivity index is 0.000000505. The van der Waals surface area contributed by atoms with Crippen molar-refractivity contribution in [3.05, 3.63) is 30.2 Å². The highest BCUT2D eigenvalue weighted by molar-refractivity contribution is 6.28. The van der Waals surface area contributed by atoms with Gasteiger partial charge in [-0.2, -0.15) is 4.98 Å². The molecule has 0 aliphatic carbocycles. The molecule has 2 aromatic heterocycles. The molecular formula is C17H27ClN4O2. The van der Waals surface area contributed by atoms with Crippen LogP contribution < -0.4 is 5.73 Å². The molecule has 0 bridgehead atoms. The summed E-state index contributed by atoms with van der Waals surface area (Å²) < 4.78 is 2.07. The van der Waals surface area contributed by atoms with Crippen LogP contribution in [-0.4, -0.2) is 30.5 Å². The van der Waals surface area contributed by atoms with Gasteiger partial charge in [0.05, 0.1) is 5.39 Å². The van der Waals surface area contributed by atoms with Crippen molar-refractivity contribution in [2.45, 2.75) is 52.9 Å². The molecule has 0 fully saturated rings. The van der Waals surface area contributed by atoms with Crippen LogP contribution in [0.25, 0.3) is 11.0 Å². The van der Waals surface area contributed by atoms with Gasteiger partial charge in [0.1, 0.15) is 11.5 Å². The minimum absolute atomic E-state index is 0.138. The molecule has 0 saturated carbocycles. The lowest BCUT2D eigenvalue weighted by Gasteiger charge is -2.24. The molecule has 2 rings (SSSR count). The van der Waals surface area contributed by atoms with Crippen molar-refractivity contribution in [2.24, 2.45) is 5.41 Å². The number of aromatic nitrogens is 3. The fourth-order valence-electron chi connectivity index (χ4n) is 2.04. The van der Waals surface area contributed by atoms with Gasteiger partial charge in [-0.25, -0.2) is 4.98 Å². The summed E-state index contributed by atoms with van der Waals surface area (Å²) >= 11 is 5.87. The molecular weight excluding hydrogens is 328 g/mol. The molecule has 0 saturated heterocycles. The number of anilines is 1. The van der Waals surface area contributed by atoms with Gasteiger partial charge >= 0.3 is 0 Å². The molecule has 134 valence electrons. The number of halogens is 1. The Morgan fingerprint density at radius 3 is 2.42 bits per heavy atom. The van der Waals surface area contributed by atoms with Crippen LogP contribution in [0.1, 0.15) is 40.5 Å². The number of hydrogen-bond acceptors (Lipinski definition) is 5. The molecule has 2 aromatic rings. The Morgan fingerprint density at radius 2 is 1.92 bits per heavy atom. The fourth-order valence-corrected chi connectivity index (χ4v) is 2.21. The van der Waals surface area contributed by atoms with Gasteiger partial charge in [-0.1, -0.05) is 19.9 Å². The number of nitrogens with two attached hydrogens (primary N) is 1. The topological polar surface area (TPSA) is 97.2 Å². The van der Waals surface area contributed by atoms with E-state index in [-0.39, 0.29) is 10.7 Å². The van der Waals surface area contributed by atoms with Crippen molar-refractivity contribution in [1.82, 2.24) is 14.5 Å². The molecule has 0 spiro atoms. The van der Waals surface area contributed by atoms with Gasteiger partial charge < -0.3 is 20.5 Å². The summed E-state index contributed by atoms with van der Waals surface area (Å²) in [5.74, 6) is -1.07. The normalized spacial score (nSPS) is 14.0. The van der Waals surface area contributed by atoms with Gasteiger partial charge in [0.15, 0.2) is 5.79 Å². The highest BCUT2D eigenvalue weighted by Crippen LogP contribution is 2.29. The van der Waals surface area contributed by atoms with Crippen LogP contribution in [0, 0.1) is 5.41 Å². The lowest BCUT2D eigenvalue weighted by molar-refractivity contribution is -0.127. The second kappa shape index (κ2) is 7.96. The van der Waals surface area contributed by atoms with Crippen molar-refractivity contribution >= 4 is 28.5 Å². The SMILES string of the molecule is C=C[C@@](C)(CC)CCn1ccc2c(N)nc(Cl)nc21.CC(C)(O)O. The monoisotopic (exact) mass is 354 g/mol. The molecule has 7 heteroatoms. The summed E-state index contributed by atoms with van der Waals surface area (Å²) in [6, 6.07) is 1.93. The largest absolute Gasteiger partial charge is 0.383 e. The van der Waals surface area contributed by atoms with Crippen LogP contribution in [0.15, 0.2) is 24.9 Å². The van der Waals surface area contributed by atoms with E-state index < -0.39 is 5.79 Å². The highest BCUT2D eigenvalue weighted by atomic mass is 35.5. The average Bonchev–Trinajstić information content (AvgIpc) is 2.86. The second-order valence-electron chi connectivity index (χ2n) is 6.58. The zero-order valence-electron chi connectivity index (χ0n) is 14.8. The van der Waals surface area contributed by atoms with E-state index in [4.69, 9.17) is 27.5 Å². The summed E-state index contributed by atoms with van der Waals surface area (Å²) in [7, 11) is 0. The van der Waals surface area contributed by atoms with Crippen molar-refractivity contribution in [2.75, 3.05) is 5.73 Å². The lowest BCUT2D eigenvalue weighted by Crippen LogP contribution is -2.15. The van der Waals surface area contributed by atoms with E-state index in [0.717, 1.165) is 30.4 Å². The summed E-state index contributed by atoms with van der Waals surface area (Å²) in [6.07, 6.45) is 6.06. The third kappa shape index (κ3) is 6.11. The Morgan fingerprint density at radius 1 is 1.33 bits per heavy atom. The molecule has 0 radical (unpaired) electrons. The molecule has 0 unspecified atom stereocenters. The molecule has 2 heterocycles. The minimum atomic E-state index is -1.50. The first kappa shape index (κ1) is 20.4. The number of hydrogen-bond donors (Lipinski definition) is 3. The van der Waals surface area contributed by atoms with Crippen LogP contribution in [0.3, 0.4) is 0 Å². The average molecular weight is 355 g/mol. The molecule has 0 aliphatic heterocycles. The quantitative estimate of drug-likeness (QED) is 0.434. The van der Waals surface area contributed by atoms with Gasteiger partial charge in [-0.15, -0.1) is 6.58 Å². The minimum Gasteiger partial charge on any atom is -0.383 e. The third-order valence-electron chi connectivity index (χ3n) is 3.85. The van der Waals surface area contributed by atoms with Crippen molar-refractivity contribution in [3.63, 3.8) is 0 Å². The maximum Gasteiger partial charge on any atom is 0.226 e. The van der Waals surface area contributed by atoms with Crippen LogP contribution in [-0.2, 0) is 6.54 Å². The number of fused-ring (bicyclic) bond motifs is 1. The first-order chi connectivity index (χ1) is 11.0. The first-order valence-corrected chi connectivity index (χ1v) is 8.23. The van der Waals surface area contributed by atoms with Crippen LogP contribution in [0.2, 0.25) is 5.28 Å². The van der Waals surface area contributed by atoms with Gasteiger partial charge in [0.2, 0.25) is 5.28 Å². The lowest BCUT2D eigenvalue weighted by atomic mass is 9.84. The Labute approximate surface area is 148 Å². The molecule has 0 amide bonds. The van der Waals surface area contributed by atoms with Gasteiger partial charge in [-0.05, 0) is 49.8 Å². The smallest absolute Gasteiger partial charge is 0.226 e. The second-order valence-corrected chi connectivity index (χ2v) is 6.92. The molecule has 4 N–H and O–H groups in total. The van der Waals surface area contributed by atoms with E-state index in [1.54, 1.807) is 0 Å². The Kier molecular flexibility index (Phi) is 6.77. The summed E-state index contributed by atoms with van der Waals surface area (Å²) in [6.45, 7) is 11.8. The van der Waals surface area contributed by atoms with Crippen molar-refractivity contribution in [3.8, 4) is 0 Å². The molecule has 0 aliphatic rings. The van der Waals surface area contributed by atoms with Gasteiger partial charge in [-0.3, -0.25) is 0 Å². The van der Waals surface area contributed by atoms with E-state index in [1.807, 2.05) is 18.3 Å². The summed E-state index contributed by atoms with van der Waals surface area (Å²) in [4.78, 5) is 8.22. The zero-order valence-corrected chi connectivity index (χ0v) is 15.5. The predicted octanol–water partition coefficient (Wildman–Crippen LogP) is 3.37. The zero-order chi connectivity index (χ0) is 18.5. The van der Waals surface area contributed by atoms with E-state index in [2.05, 4.69) is 35.0 Å². The molecule has 0 aromatic carbocycles. The highest BCUT2D eigenvalue weighted by Gasteiger charge is 2.18. The van der Waals surface area contributed by atoms with Crippen LogP contribution in [0.4, 0.5) is 5.82 Å². The number of aliphatic hydroxyl groups is 2. The fraction of sp³-hybridized carbons (Fsp3) is 0.529. The summed E-state index contributed by atoms with van der Waals surface area (Å²) in [5.41, 5.74) is 6.77. The van der Waals surface area contributed by atoms with E-state index in [0.29, 0.717) is 5.82 Å². The maximum atomic E-state index is 8.08. The van der Waals surface area contributed by atoms with E-state index in [9.17, 15) is 0 Å². The Hall–Kier alpha value is -1.63. The molecule has 6 nitrogen and oxygen atoms in total. The number of nitrogen functional groups attached to an aromatic ring is 1. The number of aryl methyl sites for hydroxylation is 1. The van der Waals surface area contributed by atoms with Crippen LogP contribution >= 0.6 is 11.6 Å².